The van der Waals surface area contributed by atoms with Crippen molar-refractivity contribution in [3.05, 3.63) is 12.2 Å². The molecule has 3 heteroatoms. The monoisotopic (exact) mass is 208 g/mol. The number of amides is 1. The minimum atomic E-state index is 0.240. The van der Waals surface area contributed by atoms with Crippen LogP contribution in [0.5, 0.6) is 0 Å². The first-order valence-corrected chi connectivity index (χ1v) is 5.99. The fourth-order valence-electron chi connectivity index (χ4n) is 2.36. The maximum Gasteiger partial charge on any atom is 0.220 e. The predicted molar refractivity (Wildman–Crippen MR) is 60.5 cm³/mol. The van der Waals surface area contributed by atoms with Gasteiger partial charge in [-0.05, 0) is 44.7 Å². The van der Waals surface area contributed by atoms with Crippen LogP contribution in [0.4, 0.5) is 0 Å². The molecular formula is C12H20N2O. The molecule has 3 nitrogen and oxygen atoms in total. The van der Waals surface area contributed by atoms with Crippen LogP contribution in [0.3, 0.4) is 0 Å². The van der Waals surface area contributed by atoms with Gasteiger partial charge in [-0.1, -0.05) is 12.2 Å². The molecule has 0 aromatic carbocycles. The van der Waals surface area contributed by atoms with Gasteiger partial charge < -0.3 is 10.6 Å². The first-order valence-electron chi connectivity index (χ1n) is 5.99. The van der Waals surface area contributed by atoms with E-state index in [2.05, 4.69) is 22.8 Å². The van der Waals surface area contributed by atoms with Crippen molar-refractivity contribution in [3.63, 3.8) is 0 Å². The highest BCUT2D eigenvalue weighted by Crippen LogP contribution is 2.14. The van der Waals surface area contributed by atoms with Gasteiger partial charge in [-0.3, -0.25) is 4.79 Å². The Labute approximate surface area is 91.3 Å². The van der Waals surface area contributed by atoms with Crippen LogP contribution < -0.4 is 10.6 Å². The highest BCUT2D eigenvalue weighted by atomic mass is 16.1. The third-order valence-corrected chi connectivity index (χ3v) is 3.27. The fraction of sp³-hybridized carbons (Fsp3) is 0.750. The minimum Gasteiger partial charge on any atom is -0.353 e. The van der Waals surface area contributed by atoms with Gasteiger partial charge >= 0.3 is 0 Å². The summed E-state index contributed by atoms with van der Waals surface area (Å²) in [5.41, 5.74) is 0. The molecule has 0 saturated carbocycles. The second kappa shape index (κ2) is 5.31. The van der Waals surface area contributed by atoms with Crippen molar-refractivity contribution in [1.82, 2.24) is 10.6 Å². The molecular weight excluding hydrogens is 188 g/mol. The van der Waals surface area contributed by atoms with Crippen LogP contribution in [0, 0.1) is 5.92 Å². The molecule has 2 atom stereocenters. The van der Waals surface area contributed by atoms with E-state index in [1.165, 1.54) is 0 Å². The lowest BCUT2D eigenvalue weighted by atomic mass is 10.0. The number of hydrogen-bond acceptors (Lipinski definition) is 2. The Morgan fingerprint density at radius 2 is 2.33 bits per heavy atom. The fourth-order valence-corrected chi connectivity index (χ4v) is 2.36. The first-order chi connectivity index (χ1) is 7.34. The lowest BCUT2D eigenvalue weighted by molar-refractivity contribution is -0.122. The quantitative estimate of drug-likeness (QED) is 0.684. The Morgan fingerprint density at radius 1 is 1.40 bits per heavy atom. The summed E-state index contributed by atoms with van der Waals surface area (Å²) in [6, 6.07) is 0.386. The average molecular weight is 208 g/mol. The molecule has 1 amide bonds. The molecule has 1 aliphatic heterocycles. The molecule has 1 heterocycles. The second-order valence-corrected chi connectivity index (χ2v) is 4.61. The van der Waals surface area contributed by atoms with Gasteiger partial charge in [0.05, 0.1) is 0 Å². The molecule has 2 unspecified atom stereocenters. The molecule has 15 heavy (non-hydrogen) atoms. The highest BCUT2D eigenvalue weighted by Gasteiger charge is 2.19. The molecule has 1 aliphatic carbocycles. The third-order valence-electron chi connectivity index (χ3n) is 3.27. The van der Waals surface area contributed by atoms with Crippen LogP contribution in [0.2, 0.25) is 0 Å². The summed E-state index contributed by atoms with van der Waals surface area (Å²) in [4.78, 5) is 11.7. The largest absolute Gasteiger partial charge is 0.353 e. The Balaban J connectivity index is 1.69. The molecule has 2 rings (SSSR count). The van der Waals surface area contributed by atoms with E-state index in [-0.39, 0.29) is 5.91 Å². The van der Waals surface area contributed by atoms with Gasteiger partial charge in [0.25, 0.3) is 0 Å². The van der Waals surface area contributed by atoms with E-state index in [0.29, 0.717) is 18.4 Å². The maximum atomic E-state index is 11.7. The van der Waals surface area contributed by atoms with Crippen LogP contribution >= 0.6 is 0 Å². The van der Waals surface area contributed by atoms with Gasteiger partial charge in [-0.2, -0.15) is 0 Å². The van der Waals surface area contributed by atoms with Crippen LogP contribution in [-0.4, -0.2) is 25.0 Å². The smallest absolute Gasteiger partial charge is 0.220 e. The number of hydrogen-bond donors (Lipinski definition) is 2. The predicted octanol–water partition coefficient (Wildman–Crippen LogP) is 1.21. The number of carbonyl (C=O) groups is 1. The van der Waals surface area contributed by atoms with Gasteiger partial charge in [-0.15, -0.1) is 0 Å². The van der Waals surface area contributed by atoms with Crippen molar-refractivity contribution < 1.29 is 4.79 Å². The van der Waals surface area contributed by atoms with E-state index in [9.17, 15) is 4.79 Å². The number of carbonyl (C=O) groups excluding carboxylic acids is 1. The summed E-state index contributed by atoms with van der Waals surface area (Å²) < 4.78 is 0. The zero-order chi connectivity index (χ0) is 10.5. The summed E-state index contributed by atoms with van der Waals surface area (Å²) in [5, 5.41) is 6.42. The summed E-state index contributed by atoms with van der Waals surface area (Å²) >= 11 is 0. The minimum absolute atomic E-state index is 0.240. The summed E-state index contributed by atoms with van der Waals surface area (Å²) in [5.74, 6) is 0.799. The van der Waals surface area contributed by atoms with Crippen molar-refractivity contribution >= 4 is 5.91 Å². The normalized spacial score (nSPS) is 30.4. The first kappa shape index (κ1) is 10.7. The topological polar surface area (TPSA) is 41.1 Å². The molecule has 2 aliphatic rings. The summed E-state index contributed by atoms with van der Waals surface area (Å²) in [6.45, 7) is 2.09. The van der Waals surface area contributed by atoms with E-state index in [4.69, 9.17) is 0 Å². The van der Waals surface area contributed by atoms with Crippen molar-refractivity contribution in [3.8, 4) is 0 Å². The van der Waals surface area contributed by atoms with Gasteiger partial charge in [0.15, 0.2) is 0 Å². The van der Waals surface area contributed by atoms with Crippen molar-refractivity contribution in [1.29, 1.82) is 0 Å². The Bertz CT molecular complexity index is 244. The van der Waals surface area contributed by atoms with Crippen molar-refractivity contribution in [2.45, 2.75) is 38.1 Å². The molecule has 1 saturated heterocycles. The maximum absolute atomic E-state index is 11.7. The Hall–Kier alpha value is -0.830. The summed E-state index contributed by atoms with van der Waals surface area (Å²) in [7, 11) is 0. The number of rotatable bonds is 3. The van der Waals surface area contributed by atoms with Gasteiger partial charge in [0.1, 0.15) is 0 Å². The summed E-state index contributed by atoms with van der Waals surface area (Å²) in [6.07, 6.45) is 9.44. The number of allylic oxidation sites excluding steroid dienone is 1. The molecule has 0 radical (unpaired) electrons. The lowest BCUT2D eigenvalue weighted by Crippen LogP contribution is -2.36. The van der Waals surface area contributed by atoms with Crippen molar-refractivity contribution in [2.24, 2.45) is 5.92 Å². The standard InChI is InChI=1S/C12H20N2O/c15-12(8-10-6-7-13-9-10)14-11-4-2-1-3-5-11/h1-2,10-11,13H,3-9H2,(H,14,15). The molecule has 2 N–H and O–H groups in total. The van der Waals surface area contributed by atoms with Gasteiger partial charge in [0.2, 0.25) is 5.91 Å². The highest BCUT2D eigenvalue weighted by molar-refractivity contribution is 5.76. The van der Waals surface area contributed by atoms with Crippen LogP contribution in [0.25, 0.3) is 0 Å². The molecule has 84 valence electrons. The van der Waals surface area contributed by atoms with E-state index < -0.39 is 0 Å². The molecule has 0 aromatic rings. The van der Waals surface area contributed by atoms with Gasteiger partial charge in [0, 0.05) is 12.5 Å². The molecule has 1 fully saturated rings. The third kappa shape index (κ3) is 3.34. The van der Waals surface area contributed by atoms with Crippen LogP contribution in [0.15, 0.2) is 12.2 Å². The van der Waals surface area contributed by atoms with Crippen molar-refractivity contribution in [2.75, 3.05) is 13.1 Å². The van der Waals surface area contributed by atoms with Gasteiger partial charge in [-0.25, -0.2) is 0 Å². The Morgan fingerprint density at radius 3 is 3.00 bits per heavy atom. The zero-order valence-corrected chi connectivity index (χ0v) is 9.17. The van der Waals surface area contributed by atoms with E-state index >= 15 is 0 Å². The van der Waals surface area contributed by atoms with Crippen LogP contribution in [0.1, 0.15) is 32.1 Å². The average Bonchev–Trinajstić information content (AvgIpc) is 2.71. The van der Waals surface area contributed by atoms with Crippen LogP contribution in [-0.2, 0) is 4.79 Å². The lowest BCUT2D eigenvalue weighted by Gasteiger charge is -2.20. The Kier molecular flexibility index (Phi) is 3.78. The number of nitrogens with one attached hydrogen (secondary N) is 2. The van der Waals surface area contributed by atoms with E-state index in [1.54, 1.807) is 0 Å². The molecule has 0 spiro atoms. The SMILES string of the molecule is O=C(CC1CCNC1)NC1CC=CCC1. The zero-order valence-electron chi connectivity index (χ0n) is 9.17. The second-order valence-electron chi connectivity index (χ2n) is 4.61. The molecule has 0 aromatic heterocycles. The van der Waals surface area contributed by atoms with E-state index in [0.717, 1.165) is 38.8 Å². The molecule has 0 bridgehead atoms. The van der Waals surface area contributed by atoms with E-state index in [1.807, 2.05) is 0 Å².